The number of hydrogen-bond acceptors (Lipinski definition) is 5. The third-order valence-electron chi connectivity index (χ3n) is 4.32. The van der Waals surface area contributed by atoms with Gasteiger partial charge in [0, 0.05) is 18.2 Å². The quantitative estimate of drug-likeness (QED) is 0.427. The van der Waals surface area contributed by atoms with Crippen LogP contribution in [0.4, 0.5) is 5.69 Å². The standard InChI is InChI=1S/C18H24N4O4/c1-5-12(4)19-10-15(23)16-17(11(2)3)20-21(18(16)24)13-6-8-14(9-7-13)22(25)26/h6-9,11-12,19-20H,5,10H2,1-4H3. The number of nitro benzene ring substituents is 1. The van der Waals surface area contributed by atoms with Crippen LogP contribution in [0.15, 0.2) is 29.1 Å². The van der Waals surface area contributed by atoms with Crippen molar-refractivity contribution in [3.8, 4) is 5.69 Å². The summed E-state index contributed by atoms with van der Waals surface area (Å²) >= 11 is 0. The number of aromatic nitrogens is 2. The van der Waals surface area contributed by atoms with E-state index in [2.05, 4.69) is 10.4 Å². The lowest BCUT2D eigenvalue weighted by Gasteiger charge is -2.10. The SMILES string of the molecule is CCC(C)NCC(=O)c1c(C(C)C)[nH]n(-c2ccc([N+](=O)[O-])cc2)c1=O. The lowest BCUT2D eigenvalue weighted by atomic mass is 10.0. The summed E-state index contributed by atoms with van der Waals surface area (Å²) in [4.78, 5) is 35.7. The Labute approximate surface area is 151 Å². The predicted octanol–water partition coefficient (Wildman–Crippen LogP) is 2.77. The van der Waals surface area contributed by atoms with Gasteiger partial charge in [-0.1, -0.05) is 20.8 Å². The average molecular weight is 360 g/mol. The molecule has 1 atom stereocenters. The Morgan fingerprint density at radius 3 is 2.38 bits per heavy atom. The number of nitrogens with zero attached hydrogens (tertiary/aromatic N) is 2. The van der Waals surface area contributed by atoms with E-state index in [4.69, 9.17) is 0 Å². The highest BCUT2D eigenvalue weighted by Crippen LogP contribution is 2.18. The van der Waals surface area contributed by atoms with Crippen molar-refractivity contribution < 1.29 is 9.72 Å². The summed E-state index contributed by atoms with van der Waals surface area (Å²) in [5.41, 5.74) is 0.625. The Morgan fingerprint density at radius 2 is 1.88 bits per heavy atom. The summed E-state index contributed by atoms with van der Waals surface area (Å²) in [5, 5.41) is 16.9. The van der Waals surface area contributed by atoms with E-state index in [0.717, 1.165) is 6.42 Å². The highest BCUT2D eigenvalue weighted by molar-refractivity contribution is 5.98. The fourth-order valence-electron chi connectivity index (χ4n) is 2.55. The molecule has 0 saturated carbocycles. The molecular weight excluding hydrogens is 336 g/mol. The molecule has 1 heterocycles. The minimum Gasteiger partial charge on any atom is -0.307 e. The van der Waals surface area contributed by atoms with Crippen LogP contribution in [-0.2, 0) is 0 Å². The third-order valence-corrected chi connectivity index (χ3v) is 4.32. The molecule has 1 aromatic carbocycles. The molecule has 0 aliphatic rings. The van der Waals surface area contributed by atoms with Crippen LogP contribution in [0.5, 0.6) is 0 Å². The maximum atomic E-state index is 12.8. The molecule has 0 spiro atoms. The fraction of sp³-hybridized carbons (Fsp3) is 0.444. The van der Waals surface area contributed by atoms with E-state index < -0.39 is 10.5 Å². The summed E-state index contributed by atoms with van der Waals surface area (Å²) in [7, 11) is 0. The molecule has 140 valence electrons. The topological polar surface area (TPSA) is 110 Å². The van der Waals surface area contributed by atoms with Crippen LogP contribution < -0.4 is 10.9 Å². The molecule has 0 amide bonds. The molecule has 2 rings (SSSR count). The number of rotatable bonds is 8. The zero-order valence-electron chi connectivity index (χ0n) is 15.4. The van der Waals surface area contributed by atoms with Gasteiger partial charge in [-0.3, -0.25) is 24.8 Å². The van der Waals surface area contributed by atoms with Crippen molar-refractivity contribution in [3.63, 3.8) is 0 Å². The van der Waals surface area contributed by atoms with Gasteiger partial charge in [0.25, 0.3) is 11.2 Å². The number of benzene rings is 1. The molecule has 0 aliphatic carbocycles. The van der Waals surface area contributed by atoms with Crippen LogP contribution in [-0.4, -0.2) is 33.1 Å². The first-order valence-corrected chi connectivity index (χ1v) is 8.62. The van der Waals surface area contributed by atoms with Crippen LogP contribution in [0.1, 0.15) is 56.1 Å². The van der Waals surface area contributed by atoms with Gasteiger partial charge in [-0.05, 0) is 31.4 Å². The monoisotopic (exact) mass is 360 g/mol. The molecule has 0 saturated heterocycles. The Hall–Kier alpha value is -2.74. The molecule has 1 unspecified atom stereocenters. The summed E-state index contributed by atoms with van der Waals surface area (Å²) in [6, 6.07) is 5.78. The number of H-pyrrole nitrogens is 1. The molecule has 0 aliphatic heterocycles. The Morgan fingerprint density at radius 1 is 1.27 bits per heavy atom. The number of Topliss-reactive ketones (excluding diaryl/α,β-unsaturated/α-hetero) is 1. The first-order chi connectivity index (χ1) is 12.3. The van der Waals surface area contributed by atoms with E-state index in [1.807, 2.05) is 27.7 Å². The summed E-state index contributed by atoms with van der Waals surface area (Å²) in [6.07, 6.45) is 0.879. The molecule has 1 aromatic heterocycles. The van der Waals surface area contributed by atoms with E-state index in [1.54, 1.807) is 0 Å². The van der Waals surface area contributed by atoms with E-state index in [-0.39, 0.29) is 35.5 Å². The predicted molar refractivity (Wildman–Crippen MR) is 99.2 cm³/mol. The first-order valence-electron chi connectivity index (χ1n) is 8.62. The fourth-order valence-corrected chi connectivity index (χ4v) is 2.55. The van der Waals surface area contributed by atoms with Gasteiger partial charge in [-0.25, -0.2) is 4.68 Å². The van der Waals surface area contributed by atoms with Crippen molar-refractivity contribution in [2.24, 2.45) is 0 Å². The molecule has 0 fully saturated rings. The average Bonchev–Trinajstić information content (AvgIpc) is 2.97. The lowest BCUT2D eigenvalue weighted by Crippen LogP contribution is -2.33. The minimum absolute atomic E-state index is 0.0513. The van der Waals surface area contributed by atoms with Crippen molar-refractivity contribution in [3.05, 3.63) is 56.0 Å². The maximum absolute atomic E-state index is 12.8. The second-order valence-electron chi connectivity index (χ2n) is 6.58. The summed E-state index contributed by atoms with van der Waals surface area (Å²) < 4.78 is 1.26. The van der Waals surface area contributed by atoms with Crippen molar-refractivity contribution in [1.82, 2.24) is 15.1 Å². The Balaban J connectivity index is 2.42. The van der Waals surface area contributed by atoms with Crippen LogP contribution in [0.3, 0.4) is 0 Å². The van der Waals surface area contributed by atoms with E-state index in [1.165, 1.54) is 28.9 Å². The normalized spacial score (nSPS) is 12.3. The van der Waals surface area contributed by atoms with E-state index in [9.17, 15) is 19.7 Å². The minimum atomic E-state index is -0.504. The molecule has 8 nitrogen and oxygen atoms in total. The largest absolute Gasteiger partial charge is 0.307 e. The van der Waals surface area contributed by atoms with Gasteiger partial charge in [0.15, 0.2) is 5.78 Å². The molecular formula is C18H24N4O4. The van der Waals surface area contributed by atoms with Crippen molar-refractivity contribution in [2.45, 2.75) is 46.1 Å². The molecule has 0 radical (unpaired) electrons. The van der Waals surface area contributed by atoms with E-state index in [0.29, 0.717) is 11.4 Å². The van der Waals surface area contributed by atoms with Gasteiger partial charge >= 0.3 is 0 Å². The number of carbonyl (C=O) groups is 1. The number of hydrogen-bond donors (Lipinski definition) is 2. The molecule has 0 bridgehead atoms. The van der Waals surface area contributed by atoms with Crippen molar-refractivity contribution in [2.75, 3.05) is 6.54 Å². The smallest absolute Gasteiger partial charge is 0.282 e. The lowest BCUT2D eigenvalue weighted by molar-refractivity contribution is -0.384. The number of carbonyl (C=O) groups excluding carboxylic acids is 1. The first kappa shape index (κ1) is 19.6. The van der Waals surface area contributed by atoms with Crippen LogP contribution >= 0.6 is 0 Å². The van der Waals surface area contributed by atoms with Crippen molar-refractivity contribution in [1.29, 1.82) is 0 Å². The zero-order chi connectivity index (χ0) is 19.4. The molecule has 8 heteroatoms. The highest BCUT2D eigenvalue weighted by atomic mass is 16.6. The summed E-state index contributed by atoms with van der Waals surface area (Å²) in [6.45, 7) is 7.86. The zero-order valence-corrected chi connectivity index (χ0v) is 15.4. The van der Waals surface area contributed by atoms with Gasteiger partial charge in [0.2, 0.25) is 0 Å². The van der Waals surface area contributed by atoms with E-state index >= 15 is 0 Å². The van der Waals surface area contributed by atoms with Crippen LogP contribution in [0.2, 0.25) is 0 Å². The molecule has 2 aromatic rings. The highest BCUT2D eigenvalue weighted by Gasteiger charge is 2.23. The van der Waals surface area contributed by atoms with Gasteiger partial charge in [0.05, 0.1) is 22.8 Å². The number of nitro groups is 1. The number of nitrogens with one attached hydrogen (secondary N) is 2. The van der Waals surface area contributed by atoms with Gasteiger partial charge in [-0.15, -0.1) is 0 Å². The maximum Gasteiger partial charge on any atom is 0.282 e. The van der Waals surface area contributed by atoms with Gasteiger partial charge < -0.3 is 5.32 Å². The van der Waals surface area contributed by atoms with Crippen molar-refractivity contribution >= 4 is 11.5 Å². The molecule has 26 heavy (non-hydrogen) atoms. The Kier molecular flexibility index (Phi) is 6.10. The second kappa shape index (κ2) is 8.09. The van der Waals surface area contributed by atoms with Crippen LogP contribution in [0.25, 0.3) is 5.69 Å². The number of non-ortho nitro benzene ring substituents is 1. The number of aromatic amines is 1. The second-order valence-corrected chi connectivity index (χ2v) is 6.58. The van der Waals surface area contributed by atoms with Gasteiger partial charge in [0.1, 0.15) is 5.56 Å². The molecule has 2 N–H and O–H groups in total. The summed E-state index contributed by atoms with van der Waals surface area (Å²) in [5.74, 6) is -0.319. The van der Waals surface area contributed by atoms with Crippen LogP contribution in [0, 0.1) is 10.1 Å². The van der Waals surface area contributed by atoms with Gasteiger partial charge in [-0.2, -0.15) is 0 Å². The number of ketones is 1. The Bertz CT molecular complexity index is 849. The third kappa shape index (κ3) is 4.08.